The zero-order valence-electron chi connectivity index (χ0n) is 11.7. The molecule has 104 valence electrons. The lowest BCUT2D eigenvalue weighted by Gasteiger charge is -2.21. The molecule has 2 aromatic rings. The summed E-state index contributed by atoms with van der Waals surface area (Å²) >= 11 is 1.40. The predicted molar refractivity (Wildman–Crippen MR) is 75.6 cm³/mol. The lowest BCUT2D eigenvalue weighted by atomic mass is 9.89. The van der Waals surface area contributed by atoms with Crippen molar-refractivity contribution in [2.45, 2.75) is 38.6 Å². The summed E-state index contributed by atoms with van der Waals surface area (Å²) in [7, 11) is 1.98. The average molecular weight is 280 g/mol. The van der Waals surface area contributed by atoms with Crippen LogP contribution in [0.5, 0.6) is 0 Å². The molecule has 2 aromatic heterocycles. The van der Waals surface area contributed by atoms with Crippen LogP contribution < -0.4 is 11.3 Å². The van der Waals surface area contributed by atoms with Gasteiger partial charge in [0.2, 0.25) is 0 Å². The number of nitrogens with one attached hydrogen (secondary N) is 1. The Bertz CT molecular complexity index is 538. The van der Waals surface area contributed by atoms with Crippen LogP contribution in [-0.2, 0) is 18.9 Å². The Morgan fingerprint density at radius 2 is 2.21 bits per heavy atom. The number of imidazole rings is 1. The highest BCUT2D eigenvalue weighted by Crippen LogP contribution is 2.31. The van der Waals surface area contributed by atoms with Gasteiger partial charge in [-0.15, -0.1) is 5.10 Å². The third-order valence-electron chi connectivity index (χ3n) is 3.05. The van der Waals surface area contributed by atoms with Crippen molar-refractivity contribution in [2.75, 3.05) is 0 Å². The number of rotatable bonds is 4. The van der Waals surface area contributed by atoms with Crippen molar-refractivity contribution in [2.24, 2.45) is 12.9 Å². The average Bonchev–Trinajstić information content (AvgIpc) is 2.94. The van der Waals surface area contributed by atoms with Crippen molar-refractivity contribution in [1.29, 1.82) is 0 Å². The zero-order valence-corrected chi connectivity index (χ0v) is 12.5. The van der Waals surface area contributed by atoms with Crippen LogP contribution in [0.2, 0.25) is 0 Å². The minimum atomic E-state index is -0.0426. The van der Waals surface area contributed by atoms with E-state index in [1.807, 2.05) is 17.8 Å². The highest BCUT2D eigenvalue weighted by molar-refractivity contribution is 7.05. The normalized spacial score (nSPS) is 13.7. The van der Waals surface area contributed by atoms with E-state index in [2.05, 4.69) is 40.8 Å². The largest absolute Gasteiger partial charge is 0.338 e. The van der Waals surface area contributed by atoms with Gasteiger partial charge in [-0.1, -0.05) is 25.3 Å². The van der Waals surface area contributed by atoms with Crippen LogP contribution in [-0.4, -0.2) is 19.1 Å². The molecule has 7 heteroatoms. The van der Waals surface area contributed by atoms with Crippen LogP contribution in [0.3, 0.4) is 0 Å². The molecule has 0 aromatic carbocycles. The van der Waals surface area contributed by atoms with E-state index in [4.69, 9.17) is 5.84 Å². The van der Waals surface area contributed by atoms with Crippen molar-refractivity contribution >= 4 is 11.5 Å². The van der Waals surface area contributed by atoms with Gasteiger partial charge >= 0.3 is 0 Å². The first kappa shape index (κ1) is 14.1. The third kappa shape index (κ3) is 2.99. The van der Waals surface area contributed by atoms with Gasteiger partial charge in [-0.3, -0.25) is 11.3 Å². The Morgan fingerprint density at radius 1 is 1.47 bits per heavy atom. The van der Waals surface area contributed by atoms with Gasteiger partial charge < -0.3 is 4.57 Å². The fourth-order valence-corrected chi connectivity index (χ4v) is 2.87. The molecule has 0 fully saturated rings. The molecule has 0 saturated carbocycles. The molecule has 0 spiro atoms. The Hall–Kier alpha value is -1.31. The minimum Gasteiger partial charge on any atom is -0.338 e. The fourth-order valence-electron chi connectivity index (χ4n) is 1.95. The number of hydrogen-bond acceptors (Lipinski definition) is 6. The predicted octanol–water partition coefficient (Wildman–Crippen LogP) is 1.32. The van der Waals surface area contributed by atoms with Gasteiger partial charge in [0.15, 0.2) is 0 Å². The third-order valence-corrected chi connectivity index (χ3v) is 3.89. The van der Waals surface area contributed by atoms with Gasteiger partial charge in [-0.2, -0.15) is 0 Å². The number of nitrogens with two attached hydrogens (primary N) is 1. The second-order valence-electron chi connectivity index (χ2n) is 5.61. The van der Waals surface area contributed by atoms with Crippen LogP contribution in [0, 0.1) is 0 Å². The first-order valence-electron chi connectivity index (χ1n) is 6.18. The molecule has 1 atom stereocenters. The van der Waals surface area contributed by atoms with Gasteiger partial charge in [0.1, 0.15) is 5.82 Å². The number of nitrogens with zero attached hydrogens (tertiary/aromatic N) is 4. The Balaban J connectivity index is 2.28. The maximum absolute atomic E-state index is 5.71. The van der Waals surface area contributed by atoms with E-state index in [1.54, 1.807) is 6.20 Å². The molecular formula is C12H20N6S. The zero-order chi connectivity index (χ0) is 14.0. The standard InChI is InChI=1S/C12H20N6S/c1-12(2,3)11-10(19-17-16-11)8(15-13)7-9-14-5-6-18(9)4/h5-6,8,15H,7,13H2,1-4H3. The monoisotopic (exact) mass is 280 g/mol. The topological polar surface area (TPSA) is 81.7 Å². The van der Waals surface area contributed by atoms with Crippen LogP contribution in [0.1, 0.15) is 43.2 Å². The Morgan fingerprint density at radius 3 is 2.74 bits per heavy atom. The second kappa shape index (κ2) is 5.36. The van der Waals surface area contributed by atoms with Crippen molar-refractivity contribution in [1.82, 2.24) is 24.6 Å². The number of aromatic nitrogens is 4. The first-order chi connectivity index (χ1) is 8.93. The SMILES string of the molecule is Cn1ccnc1CC(NN)c1snnc1C(C)(C)C. The molecule has 3 N–H and O–H groups in total. The molecular weight excluding hydrogens is 260 g/mol. The molecule has 0 aliphatic rings. The molecule has 2 heterocycles. The Kier molecular flexibility index (Phi) is 3.98. The lowest BCUT2D eigenvalue weighted by Crippen LogP contribution is -2.31. The summed E-state index contributed by atoms with van der Waals surface area (Å²) in [5.41, 5.74) is 3.81. The van der Waals surface area contributed by atoms with E-state index in [1.165, 1.54) is 11.5 Å². The van der Waals surface area contributed by atoms with Gasteiger partial charge in [0.05, 0.1) is 16.6 Å². The van der Waals surface area contributed by atoms with Crippen molar-refractivity contribution in [3.63, 3.8) is 0 Å². The summed E-state index contributed by atoms with van der Waals surface area (Å²) < 4.78 is 6.07. The van der Waals surface area contributed by atoms with E-state index in [9.17, 15) is 0 Å². The fraction of sp³-hybridized carbons (Fsp3) is 0.583. The van der Waals surface area contributed by atoms with Crippen molar-refractivity contribution < 1.29 is 0 Å². The molecule has 0 saturated heterocycles. The van der Waals surface area contributed by atoms with E-state index >= 15 is 0 Å². The molecule has 0 bridgehead atoms. The quantitative estimate of drug-likeness (QED) is 0.652. The van der Waals surface area contributed by atoms with Crippen LogP contribution >= 0.6 is 11.5 Å². The summed E-state index contributed by atoms with van der Waals surface area (Å²) in [5.74, 6) is 6.69. The van der Waals surface area contributed by atoms with Gasteiger partial charge in [0, 0.05) is 31.3 Å². The summed E-state index contributed by atoms with van der Waals surface area (Å²) in [6, 6.07) is -0.0182. The first-order valence-corrected chi connectivity index (χ1v) is 6.96. The van der Waals surface area contributed by atoms with Crippen molar-refractivity contribution in [3.8, 4) is 0 Å². The number of aryl methyl sites for hydroxylation is 1. The van der Waals surface area contributed by atoms with Crippen molar-refractivity contribution in [3.05, 3.63) is 28.8 Å². The molecule has 2 rings (SSSR count). The van der Waals surface area contributed by atoms with E-state index in [0.29, 0.717) is 6.42 Å². The Labute approximate surface area is 117 Å². The molecule has 0 amide bonds. The van der Waals surface area contributed by atoms with Crippen LogP contribution in [0.15, 0.2) is 12.4 Å². The van der Waals surface area contributed by atoms with E-state index < -0.39 is 0 Å². The van der Waals surface area contributed by atoms with Gasteiger partial charge in [-0.25, -0.2) is 4.98 Å². The molecule has 6 nitrogen and oxygen atoms in total. The minimum absolute atomic E-state index is 0.0182. The summed E-state index contributed by atoms with van der Waals surface area (Å²) in [6.45, 7) is 6.38. The smallest absolute Gasteiger partial charge is 0.110 e. The van der Waals surface area contributed by atoms with Gasteiger partial charge in [-0.05, 0) is 11.5 Å². The highest BCUT2D eigenvalue weighted by atomic mass is 32.1. The molecule has 0 aliphatic heterocycles. The molecule has 0 radical (unpaired) electrons. The summed E-state index contributed by atoms with van der Waals surface area (Å²) in [4.78, 5) is 5.42. The lowest BCUT2D eigenvalue weighted by molar-refractivity contribution is 0.504. The molecule has 1 unspecified atom stereocenters. The molecule has 0 aliphatic carbocycles. The molecule has 19 heavy (non-hydrogen) atoms. The number of hydrogen-bond donors (Lipinski definition) is 2. The van der Waals surface area contributed by atoms with Gasteiger partial charge in [0.25, 0.3) is 0 Å². The number of hydrazine groups is 1. The van der Waals surface area contributed by atoms with E-state index in [0.717, 1.165) is 16.4 Å². The second-order valence-corrected chi connectivity index (χ2v) is 6.40. The summed E-state index contributed by atoms with van der Waals surface area (Å²) in [6.07, 6.45) is 4.43. The maximum atomic E-state index is 5.71. The summed E-state index contributed by atoms with van der Waals surface area (Å²) in [5, 5.41) is 4.25. The maximum Gasteiger partial charge on any atom is 0.110 e. The van der Waals surface area contributed by atoms with Crippen LogP contribution in [0.25, 0.3) is 0 Å². The van der Waals surface area contributed by atoms with Crippen LogP contribution in [0.4, 0.5) is 0 Å². The highest BCUT2D eigenvalue weighted by Gasteiger charge is 2.27. The van der Waals surface area contributed by atoms with E-state index in [-0.39, 0.29) is 11.5 Å².